The molecule has 0 N–H and O–H groups in total. The van der Waals surface area contributed by atoms with E-state index in [1.54, 1.807) is 4.90 Å². The van der Waals surface area contributed by atoms with E-state index in [0.717, 1.165) is 12.1 Å². The molecule has 3 nitrogen and oxygen atoms in total. The number of fused-ring (bicyclic) bond motifs is 1. The lowest BCUT2D eigenvalue weighted by atomic mass is 10.2. The van der Waals surface area contributed by atoms with E-state index in [9.17, 15) is 4.79 Å². The number of carbonyl (C=O) groups is 1. The minimum atomic E-state index is -0.357. The van der Waals surface area contributed by atoms with E-state index in [-0.39, 0.29) is 6.09 Å². The maximum Gasteiger partial charge on any atom is 0.425 e. The van der Waals surface area contributed by atoms with Gasteiger partial charge in [-0.15, -0.1) is 0 Å². The zero-order valence-corrected chi connectivity index (χ0v) is 8.45. The Labute approximate surface area is 84.7 Å². The van der Waals surface area contributed by atoms with E-state index >= 15 is 0 Å². The van der Waals surface area contributed by atoms with Gasteiger partial charge in [0.15, 0.2) is 16.3 Å². The number of amides is 1. The van der Waals surface area contributed by atoms with Crippen molar-refractivity contribution in [2.75, 3.05) is 11.4 Å². The second kappa shape index (κ2) is 3.38. The zero-order valence-electron chi connectivity index (χ0n) is 6.87. The standard InChI is InChI=1S/C9H8BrNO2/c10-13-9(12)11-6-5-7-3-1-2-4-8(7)11/h1-4H,5-6H2. The predicted octanol–water partition coefficient (Wildman–Crippen LogP) is 2.50. The molecule has 0 fully saturated rings. The molecule has 0 saturated carbocycles. The highest BCUT2D eigenvalue weighted by Gasteiger charge is 2.24. The molecule has 0 atom stereocenters. The summed E-state index contributed by atoms with van der Waals surface area (Å²) in [5.74, 6) is 0. The van der Waals surface area contributed by atoms with Crippen LogP contribution in [0.4, 0.5) is 10.5 Å². The van der Waals surface area contributed by atoms with E-state index in [4.69, 9.17) is 0 Å². The van der Waals surface area contributed by atoms with Gasteiger partial charge in [0.25, 0.3) is 0 Å². The highest BCUT2D eigenvalue weighted by molar-refractivity contribution is 9.06. The van der Waals surface area contributed by atoms with Crippen molar-refractivity contribution in [1.82, 2.24) is 0 Å². The molecular weight excluding hydrogens is 234 g/mol. The zero-order chi connectivity index (χ0) is 9.26. The summed E-state index contributed by atoms with van der Waals surface area (Å²) in [7, 11) is 0. The molecule has 0 bridgehead atoms. The maximum absolute atomic E-state index is 11.2. The summed E-state index contributed by atoms with van der Waals surface area (Å²) < 4.78 is 4.49. The van der Waals surface area contributed by atoms with Crippen LogP contribution in [0, 0.1) is 0 Å². The highest BCUT2D eigenvalue weighted by Crippen LogP contribution is 2.27. The van der Waals surface area contributed by atoms with Crippen molar-refractivity contribution in [2.45, 2.75) is 6.42 Å². The summed E-state index contributed by atoms with van der Waals surface area (Å²) in [4.78, 5) is 12.8. The Morgan fingerprint density at radius 3 is 3.00 bits per heavy atom. The smallest absolute Gasteiger partial charge is 0.367 e. The summed E-state index contributed by atoms with van der Waals surface area (Å²) in [6.45, 7) is 0.698. The van der Waals surface area contributed by atoms with Gasteiger partial charge in [-0.2, -0.15) is 0 Å². The van der Waals surface area contributed by atoms with Crippen LogP contribution in [0.25, 0.3) is 0 Å². The van der Waals surface area contributed by atoms with Crippen molar-refractivity contribution in [1.29, 1.82) is 0 Å². The molecule has 0 radical (unpaired) electrons. The Morgan fingerprint density at radius 1 is 1.46 bits per heavy atom. The van der Waals surface area contributed by atoms with Crippen LogP contribution in [0.5, 0.6) is 0 Å². The fourth-order valence-corrected chi connectivity index (χ4v) is 1.74. The van der Waals surface area contributed by atoms with Crippen molar-refractivity contribution in [3.63, 3.8) is 0 Å². The average Bonchev–Trinajstić information content (AvgIpc) is 2.60. The number of benzene rings is 1. The topological polar surface area (TPSA) is 29.5 Å². The van der Waals surface area contributed by atoms with Crippen LogP contribution in [-0.2, 0) is 10.2 Å². The summed E-state index contributed by atoms with van der Waals surface area (Å²) in [5.41, 5.74) is 2.15. The predicted molar refractivity (Wildman–Crippen MR) is 52.9 cm³/mol. The average molecular weight is 242 g/mol. The summed E-state index contributed by atoms with van der Waals surface area (Å²) in [5, 5.41) is 0. The molecule has 2 rings (SSSR count). The van der Waals surface area contributed by atoms with Crippen LogP contribution in [0.1, 0.15) is 5.56 Å². The van der Waals surface area contributed by atoms with E-state index in [1.165, 1.54) is 5.56 Å². The van der Waals surface area contributed by atoms with Gasteiger partial charge in [-0.25, -0.2) is 4.79 Å². The van der Waals surface area contributed by atoms with Crippen molar-refractivity contribution >= 4 is 28.0 Å². The molecule has 1 heterocycles. The number of anilines is 1. The number of hydrogen-bond acceptors (Lipinski definition) is 2. The van der Waals surface area contributed by atoms with Crippen LogP contribution in [0.3, 0.4) is 0 Å². The van der Waals surface area contributed by atoms with E-state index in [2.05, 4.69) is 20.1 Å². The normalized spacial score (nSPS) is 14.1. The lowest BCUT2D eigenvalue weighted by Crippen LogP contribution is -2.27. The van der Waals surface area contributed by atoms with Crippen LogP contribution in [0.2, 0.25) is 0 Å². The van der Waals surface area contributed by atoms with Gasteiger partial charge < -0.3 is 3.83 Å². The molecule has 1 amide bonds. The molecule has 0 aliphatic carbocycles. The maximum atomic E-state index is 11.2. The van der Waals surface area contributed by atoms with Gasteiger partial charge in [0.05, 0.1) is 5.69 Å². The van der Waals surface area contributed by atoms with Crippen LogP contribution >= 0.6 is 16.3 Å². The minimum Gasteiger partial charge on any atom is -0.367 e. The first-order valence-electron chi connectivity index (χ1n) is 4.01. The Balaban J connectivity index is 2.33. The SMILES string of the molecule is O=C(OBr)N1CCc2ccccc21. The lowest BCUT2D eigenvalue weighted by molar-refractivity contribution is 0.218. The Hall–Kier alpha value is -1.03. The third-order valence-corrected chi connectivity index (χ3v) is 2.45. The molecule has 68 valence electrons. The number of halogens is 1. The molecule has 13 heavy (non-hydrogen) atoms. The van der Waals surface area contributed by atoms with Crippen molar-refractivity contribution < 1.29 is 8.62 Å². The summed E-state index contributed by atoms with van der Waals surface area (Å²) in [6.07, 6.45) is 0.545. The van der Waals surface area contributed by atoms with Gasteiger partial charge in [0.1, 0.15) is 0 Å². The lowest BCUT2D eigenvalue weighted by Gasteiger charge is -2.13. The Kier molecular flexibility index (Phi) is 2.22. The molecule has 1 aromatic rings. The second-order valence-corrected chi connectivity index (χ2v) is 3.20. The number of para-hydroxylation sites is 1. The Morgan fingerprint density at radius 2 is 2.23 bits per heavy atom. The number of rotatable bonds is 0. The van der Waals surface area contributed by atoms with Gasteiger partial charge >= 0.3 is 6.09 Å². The van der Waals surface area contributed by atoms with Crippen molar-refractivity contribution in [2.24, 2.45) is 0 Å². The third kappa shape index (κ3) is 1.42. The first-order chi connectivity index (χ1) is 6.33. The largest absolute Gasteiger partial charge is 0.425 e. The van der Waals surface area contributed by atoms with E-state index < -0.39 is 0 Å². The Bertz CT molecular complexity index is 340. The molecule has 1 aliphatic rings. The molecular formula is C9H8BrNO2. The fraction of sp³-hybridized carbons (Fsp3) is 0.222. The third-order valence-electron chi connectivity index (χ3n) is 2.17. The van der Waals surface area contributed by atoms with Gasteiger partial charge in [0, 0.05) is 6.54 Å². The number of hydrogen-bond donors (Lipinski definition) is 0. The fourth-order valence-electron chi connectivity index (χ4n) is 1.57. The summed E-state index contributed by atoms with van der Waals surface area (Å²) >= 11 is 2.69. The molecule has 0 unspecified atom stereocenters. The minimum absolute atomic E-state index is 0.357. The van der Waals surface area contributed by atoms with Crippen molar-refractivity contribution in [3.05, 3.63) is 29.8 Å². The molecule has 0 saturated heterocycles. The van der Waals surface area contributed by atoms with E-state index in [0.29, 0.717) is 6.54 Å². The highest BCUT2D eigenvalue weighted by atomic mass is 79.9. The second-order valence-electron chi connectivity index (χ2n) is 2.87. The van der Waals surface area contributed by atoms with Crippen LogP contribution < -0.4 is 4.90 Å². The number of carbonyl (C=O) groups excluding carboxylic acids is 1. The molecule has 0 spiro atoms. The molecule has 4 heteroatoms. The molecule has 1 aliphatic heterocycles. The van der Waals surface area contributed by atoms with Crippen molar-refractivity contribution in [3.8, 4) is 0 Å². The monoisotopic (exact) mass is 241 g/mol. The first-order valence-corrected chi connectivity index (χ1v) is 4.65. The van der Waals surface area contributed by atoms with Gasteiger partial charge in [0.2, 0.25) is 0 Å². The van der Waals surface area contributed by atoms with Gasteiger partial charge in [-0.05, 0) is 18.1 Å². The quantitative estimate of drug-likeness (QED) is 0.699. The van der Waals surface area contributed by atoms with Crippen LogP contribution in [-0.4, -0.2) is 12.6 Å². The van der Waals surface area contributed by atoms with E-state index in [1.807, 2.05) is 24.3 Å². The number of nitrogens with zero attached hydrogens (tertiary/aromatic N) is 1. The molecule has 1 aromatic carbocycles. The summed E-state index contributed by atoms with van der Waals surface area (Å²) in [6, 6.07) is 7.84. The molecule has 0 aromatic heterocycles. The van der Waals surface area contributed by atoms with Gasteiger partial charge in [-0.1, -0.05) is 18.2 Å². The first kappa shape index (κ1) is 8.56. The van der Waals surface area contributed by atoms with Crippen LogP contribution in [0.15, 0.2) is 24.3 Å². The van der Waals surface area contributed by atoms with Gasteiger partial charge in [-0.3, -0.25) is 4.90 Å².